The van der Waals surface area contributed by atoms with Crippen molar-refractivity contribution in [1.29, 1.82) is 0 Å². The maximum atomic E-state index is 3.74. The molecule has 0 aromatic heterocycles. The molecule has 1 fully saturated rings. The number of hydrogen-bond acceptors (Lipinski definition) is 2. The second kappa shape index (κ2) is 6.58. The molecule has 1 atom stereocenters. The van der Waals surface area contributed by atoms with Crippen LogP contribution in [0.1, 0.15) is 12.0 Å². The molecule has 1 aliphatic rings. The summed E-state index contributed by atoms with van der Waals surface area (Å²) >= 11 is 0. The van der Waals surface area contributed by atoms with Crippen molar-refractivity contribution in [3.05, 3.63) is 48.6 Å². The highest BCUT2D eigenvalue weighted by Gasteiger charge is 2.20. The predicted octanol–water partition coefficient (Wildman–Crippen LogP) is 2.08. The Morgan fingerprint density at radius 1 is 1.35 bits per heavy atom. The van der Waals surface area contributed by atoms with Gasteiger partial charge in [0.15, 0.2) is 0 Å². The number of nitrogens with zero attached hydrogens (tertiary/aromatic N) is 1. The van der Waals surface area contributed by atoms with E-state index in [9.17, 15) is 0 Å². The number of rotatable bonds is 6. The molecular formula is C15H22N2. The molecule has 0 bridgehead atoms. The third kappa shape index (κ3) is 3.99. The van der Waals surface area contributed by atoms with Crippen LogP contribution in [0.25, 0.3) is 0 Å². The molecular weight excluding hydrogens is 208 g/mol. The number of hydrogen-bond donors (Lipinski definition) is 1. The molecule has 0 spiro atoms. The van der Waals surface area contributed by atoms with E-state index >= 15 is 0 Å². The standard InChI is InChI=1S/C15H22N2/c1-2-10-16-15-9-12-17(13-15)11-8-14-6-4-3-5-7-14/h2-7,15-16H,1,8-13H2. The van der Waals surface area contributed by atoms with Gasteiger partial charge in [0.1, 0.15) is 0 Å². The molecule has 92 valence electrons. The summed E-state index contributed by atoms with van der Waals surface area (Å²) in [6.07, 6.45) is 4.37. The summed E-state index contributed by atoms with van der Waals surface area (Å²) in [4.78, 5) is 2.55. The average molecular weight is 230 g/mol. The largest absolute Gasteiger partial charge is 0.309 e. The van der Waals surface area contributed by atoms with E-state index in [0.29, 0.717) is 6.04 Å². The van der Waals surface area contributed by atoms with Gasteiger partial charge in [-0.15, -0.1) is 6.58 Å². The van der Waals surface area contributed by atoms with Gasteiger partial charge < -0.3 is 10.2 Å². The van der Waals surface area contributed by atoms with Crippen molar-refractivity contribution in [3.8, 4) is 0 Å². The zero-order valence-corrected chi connectivity index (χ0v) is 10.4. The fraction of sp³-hybridized carbons (Fsp3) is 0.467. The molecule has 1 heterocycles. The molecule has 1 saturated heterocycles. The number of nitrogens with one attached hydrogen (secondary N) is 1. The normalized spacial score (nSPS) is 20.6. The molecule has 1 aromatic rings. The van der Waals surface area contributed by atoms with Crippen molar-refractivity contribution >= 4 is 0 Å². The molecule has 1 unspecified atom stereocenters. The molecule has 0 amide bonds. The van der Waals surface area contributed by atoms with E-state index in [0.717, 1.165) is 13.0 Å². The van der Waals surface area contributed by atoms with Gasteiger partial charge in [0, 0.05) is 25.7 Å². The highest BCUT2D eigenvalue weighted by molar-refractivity contribution is 5.14. The lowest BCUT2D eigenvalue weighted by atomic mass is 10.1. The van der Waals surface area contributed by atoms with Gasteiger partial charge in [-0.25, -0.2) is 0 Å². The van der Waals surface area contributed by atoms with Crippen LogP contribution in [0.5, 0.6) is 0 Å². The third-order valence-electron chi connectivity index (χ3n) is 3.38. The number of benzene rings is 1. The fourth-order valence-electron chi connectivity index (χ4n) is 2.38. The first-order chi connectivity index (χ1) is 8.38. The molecule has 0 aliphatic carbocycles. The minimum atomic E-state index is 0.656. The smallest absolute Gasteiger partial charge is 0.0210 e. The maximum Gasteiger partial charge on any atom is 0.0210 e. The minimum Gasteiger partial charge on any atom is -0.309 e. The van der Waals surface area contributed by atoms with Crippen LogP contribution in [-0.4, -0.2) is 37.1 Å². The highest BCUT2D eigenvalue weighted by atomic mass is 15.2. The van der Waals surface area contributed by atoms with Crippen LogP contribution < -0.4 is 5.32 Å². The van der Waals surface area contributed by atoms with Crippen LogP contribution in [0, 0.1) is 0 Å². The van der Waals surface area contributed by atoms with Crippen LogP contribution >= 0.6 is 0 Å². The van der Waals surface area contributed by atoms with Gasteiger partial charge in [0.2, 0.25) is 0 Å². The summed E-state index contributed by atoms with van der Waals surface area (Å²) in [5.74, 6) is 0. The average Bonchev–Trinajstić information content (AvgIpc) is 2.83. The molecule has 0 radical (unpaired) electrons. The summed E-state index contributed by atoms with van der Waals surface area (Å²) in [6, 6.07) is 11.4. The zero-order valence-electron chi connectivity index (χ0n) is 10.4. The van der Waals surface area contributed by atoms with Gasteiger partial charge in [-0.3, -0.25) is 0 Å². The van der Waals surface area contributed by atoms with Crippen molar-refractivity contribution in [3.63, 3.8) is 0 Å². The van der Waals surface area contributed by atoms with Gasteiger partial charge >= 0.3 is 0 Å². The van der Waals surface area contributed by atoms with Crippen molar-refractivity contribution < 1.29 is 0 Å². The quantitative estimate of drug-likeness (QED) is 0.753. The van der Waals surface area contributed by atoms with Crippen LogP contribution in [0.2, 0.25) is 0 Å². The maximum absolute atomic E-state index is 3.74. The molecule has 1 N–H and O–H groups in total. The molecule has 2 heteroatoms. The lowest BCUT2D eigenvalue weighted by molar-refractivity contribution is 0.333. The fourth-order valence-corrected chi connectivity index (χ4v) is 2.38. The van der Waals surface area contributed by atoms with Gasteiger partial charge in [-0.1, -0.05) is 36.4 Å². The second-order valence-electron chi connectivity index (χ2n) is 4.72. The van der Waals surface area contributed by atoms with E-state index in [1.54, 1.807) is 0 Å². The first-order valence-corrected chi connectivity index (χ1v) is 6.49. The van der Waals surface area contributed by atoms with E-state index in [1.165, 1.54) is 31.6 Å². The van der Waals surface area contributed by atoms with Gasteiger partial charge in [0.25, 0.3) is 0 Å². The van der Waals surface area contributed by atoms with Crippen molar-refractivity contribution in [2.75, 3.05) is 26.2 Å². The van der Waals surface area contributed by atoms with Crippen LogP contribution in [0.15, 0.2) is 43.0 Å². The Kier molecular flexibility index (Phi) is 4.77. The van der Waals surface area contributed by atoms with Crippen molar-refractivity contribution in [2.45, 2.75) is 18.9 Å². The molecule has 17 heavy (non-hydrogen) atoms. The van der Waals surface area contributed by atoms with Crippen LogP contribution in [0.3, 0.4) is 0 Å². The first kappa shape index (κ1) is 12.3. The molecule has 1 aliphatic heterocycles. The summed E-state index contributed by atoms with van der Waals surface area (Å²) in [5, 5.41) is 3.50. The third-order valence-corrected chi connectivity index (χ3v) is 3.38. The van der Waals surface area contributed by atoms with E-state index in [-0.39, 0.29) is 0 Å². The lowest BCUT2D eigenvalue weighted by Gasteiger charge is -2.16. The predicted molar refractivity (Wildman–Crippen MR) is 73.2 cm³/mol. The Labute approximate surface area is 104 Å². The highest BCUT2D eigenvalue weighted by Crippen LogP contribution is 2.10. The van der Waals surface area contributed by atoms with Gasteiger partial charge in [0.05, 0.1) is 0 Å². The minimum absolute atomic E-state index is 0.656. The van der Waals surface area contributed by atoms with E-state index in [2.05, 4.69) is 47.1 Å². The van der Waals surface area contributed by atoms with Crippen molar-refractivity contribution in [1.82, 2.24) is 10.2 Å². The lowest BCUT2D eigenvalue weighted by Crippen LogP contribution is -2.33. The topological polar surface area (TPSA) is 15.3 Å². The molecule has 2 nitrogen and oxygen atoms in total. The Morgan fingerprint density at radius 2 is 2.18 bits per heavy atom. The summed E-state index contributed by atoms with van der Waals surface area (Å²) in [5.41, 5.74) is 1.44. The van der Waals surface area contributed by atoms with Crippen LogP contribution in [0.4, 0.5) is 0 Å². The van der Waals surface area contributed by atoms with E-state index in [4.69, 9.17) is 0 Å². The Morgan fingerprint density at radius 3 is 2.94 bits per heavy atom. The summed E-state index contributed by atoms with van der Waals surface area (Å²) in [6.45, 7) is 8.25. The van der Waals surface area contributed by atoms with E-state index < -0.39 is 0 Å². The molecule has 1 aromatic carbocycles. The SMILES string of the molecule is C=CCNC1CCN(CCc2ccccc2)C1. The Hall–Kier alpha value is -1.12. The summed E-state index contributed by atoms with van der Waals surface area (Å²) < 4.78 is 0. The van der Waals surface area contributed by atoms with Gasteiger partial charge in [-0.2, -0.15) is 0 Å². The van der Waals surface area contributed by atoms with E-state index in [1.807, 2.05) is 6.08 Å². The Balaban J connectivity index is 1.69. The second-order valence-corrected chi connectivity index (χ2v) is 4.72. The first-order valence-electron chi connectivity index (χ1n) is 6.49. The molecule has 0 saturated carbocycles. The van der Waals surface area contributed by atoms with Gasteiger partial charge in [-0.05, 0) is 24.9 Å². The molecule has 2 rings (SSSR count). The van der Waals surface area contributed by atoms with Crippen LogP contribution in [-0.2, 0) is 6.42 Å². The number of likely N-dealkylation sites (tertiary alicyclic amines) is 1. The monoisotopic (exact) mass is 230 g/mol. The Bertz CT molecular complexity index is 334. The zero-order chi connectivity index (χ0) is 11.9. The van der Waals surface area contributed by atoms with Crippen molar-refractivity contribution in [2.24, 2.45) is 0 Å². The summed E-state index contributed by atoms with van der Waals surface area (Å²) in [7, 11) is 0.